The average Bonchev–Trinajstić information content (AvgIpc) is 3.17. The van der Waals surface area contributed by atoms with Gasteiger partial charge in [-0.25, -0.2) is 9.59 Å². The van der Waals surface area contributed by atoms with E-state index in [1.54, 1.807) is 14.0 Å². The fourth-order valence-electron chi connectivity index (χ4n) is 4.01. The molecule has 1 N–H and O–H groups in total. The van der Waals surface area contributed by atoms with Gasteiger partial charge in [-0.2, -0.15) is 11.3 Å². The highest BCUT2D eigenvalue weighted by atomic mass is 32.1. The number of thiophene rings is 1. The average molecular weight is 449 g/mol. The molecule has 0 aromatic carbocycles. The molecular weight excluding hydrogens is 416 g/mol. The smallest absolute Gasteiger partial charge is 0.338 e. The Hall–Kier alpha value is -2.39. The third-order valence-corrected chi connectivity index (χ3v) is 6.42. The van der Waals surface area contributed by atoms with E-state index in [0.29, 0.717) is 30.9 Å². The molecule has 3 rings (SSSR count). The van der Waals surface area contributed by atoms with E-state index in [9.17, 15) is 14.4 Å². The Morgan fingerprint density at radius 3 is 2.68 bits per heavy atom. The summed E-state index contributed by atoms with van der Waals surface area (Å²) in [4.78, 5) is 43.7. The maximum atomic E-state index is 13.0. The number of rotatable bonds is 6. The number of hydrogen-bond acceptors (Lipinski definition) is 6. The molecule has 1 fully saturated rings. The quantitative estimate of drug-likeness (QED) is 0.676. The molecule has 9 heteroatoms. The lowest BCUT2D eigenvalue weighted by molar-refractivity contribution is -0.139. The first-order valence-electron chi connectivity index (χ1n) is 10.8. The van der Waals surface area contributed by atoms with Gasteiger partial charge in [-0.3, -0.25) is 14.6 Å². The fourth-order valence-corrected chi connectivity index (χ4v) is 4.70. The van der Waals surface area contributed by atoms with Gasteiger partial charge in [-0.1, -0.05) is 13.8 Å². The number of likely N-dealkylation sites (N-methyl/N-ethyl adjacent to an activating group) is 1. The Morgan fingerprint density at radius 1 is 1.26 bits per heavy atom. The topological polar surface area (TPSA) is 82.2 Å². The SMILES string of the molecule is CCOC(=O)C1=C(CN2CCCN(C(=O)C(C)C)CC2)N(C)C(=O)NC1c1ccsc1. The van der Waals surface area contributed by atoms with Gasteiger partial charge in [-0.15, -0.1) is 0 Å². The minimum absolute atomic E-state index is 0.0239. The zero-order chi connectivity index (χ0) is 22.5. The Labute approximate surface area is 187 Å². The second-order valence-electron chi connectivity index (χ2n) is 8.19. The maximum absolute atomic E-state index is 13.0. The zero-order valence-corrected chi connectivity index (χ0v) is 19.5. The largest absolute Gasteiger partial charge is 0.463 e. The highest BCUT2D eigenvalue weighted by Gasteiger charge is 2.37. The van der Waals surface area contributed by atoms with Crippen molar-refractivity contribution in [2.24, 2.45) is 5.92 Å². The van der Waals surface area contributed by atoms with Gasteiger partial charge in [0.25, 0.3) is 0 Å². The molecule has 2 aliphatic heterocycles. The number of carbonyl (C=O) groups is 3. The van der Waals surface area contributed by atoms with Gasteiger partial charge in [0.15, 0.2) is 0 Å². The molecule has 3 heterocycles. The van der Waals surface area contributed by atoms with E-state index in [-0.39, 0.29) is 24.5 Å². The molecule has 3 amide bonds. The van der Waals surface area contributed by atoms with Gasteiger partial charge >= 0.3 is 12.0 Å². The fraction of sp³-hybridized carbons (Fsp3) is 0.591. The minimum Gasteiger partial charge on any atom is -0.463 e. The highest BCUT2D eigenvalue weighted by Crippen LogP contribution is 2.32. The van der Waals surface area contributed by atoms with E-state index >= 15 is 0 Å². The van der Waals surface area contributed by atoms with E-state index < -0.39 is 12.0 Å². The Balaban J connectivity index is 1.88. The Kier molecular flexibility index (Phi) is 7.72. The summed E-state index contributed by atoms with van der Waals surface area (Å²) in [5, 5.41) is 6.80. The van der Waals surface area contributed by atoms with Crippen LogP contribution in [0, 0.1) is 5.92 Å². The lowest BCUT2D eigenvalue weighted by Gasteiger charge is -2.36. The molecule has 2 aliphatic rings. The third-order valence-electron chi connectivity index (χ3n) is 5.72. The van der Waals surface area contributed by atoms with Gasteiger partial charge in [-0.05, 0) is 35.7 Å². The van der Waals surface area contributed by atoms with Crippen molar-refractivity contribution in [3.05, 3.63) is 33.7 Å². The molecule has 1 unspecified atom stereocenters. The molecule has 0 bridgehead atoms. The molecule has 1 atom stereocenters. The Morgan fingerprint density at radius 2 is 2.03 bits per heavy atom. The summed E-state index contributed by atoms with van der Waals surface area (Å²) in [6.45, 7) is 9.17. The summed E-state index contributed by atoms with van der Waals surface area (Å²) in [6.07, 6.45) is 0.852. The standard InChI is InChI=1S/C22H32N4O4S/c1-5-30-21(28)18-17(24(4)22(29)23-19(18)16-7-12-31-14-16)13-25-8-6-9-26(11-10-25)20(27)15(2)3/h7,12,14-15,19H,5-6,8-11,13H2,1-4H3,(H,23,29). The van der Waals surface area contributed by atoms with Crippen LogP contribution < -0.4 is 5.32 Å². The van der Waals surface area contributed by atoms with Gasteiger partial charge in [0.1, 0.15) is 0 Å². The van der Waals surface area contributed by atoms with E-state index in [1.165, 1.54) is 16.2 Å². The lowest BCUT2D eigenvalue weighted by Crippen LogP contribution is -2.49. The van der Waals surface area contributed by atoms with Crippen molar-refractivity contribution < 1.29 is 19.1 Å². The van der Waals surface area contributed by atoms with Crippen LogP contribution in [0.25, 0.3) is 0 Å². The summed E-state index contributed by atoms with van der Waals surface area (Å²) in [5.41, 5.74) is 2.00. The number of esters is 1. The number of nitrogens with zero attached hydrogens (tertiary/aromatic N) is 3. The molecule has 8 nitrogen and oxygen atoms in total. The van der Waals surface area contributed by atoms with Gasteiger partial charge in [0, 0.05) is 51.4 Å². The van der Waals surface area contributed by atoms with Crippen LogP contribution in [0.3, 0.4) is 0 Å². The number of urea groups is 1. The van der Waals surface area contributed by atoms with Crippen LogP contribution in [0.15, 0.2) is 28.1 Å². The molecule has 0 radical (unpaired) electrons. The first-order valence-corrected chi connectivity index (χ1v) is 11.7. The molecule has 1 aromatic rings. The predicted octanol–water partition coefficient (Wildman–Crippen LogP) is 2.45. The monoisotopic (exact) mass is 448 g/mol. The Bertz CT molecular complexity index is 837. The maximum Gasteiger partial charge on any atom is 0.338 e. The molecule has 170 valence electrons. The normalized spacial score (nSPS) is 20.7. The molecule has 31 heavy (non-hydrogen) atoms. The molecule has 1 aromatic heterocycles. The predicted molar refractivity (Wildman–Crippen MR) is 119 cm³/mol. The van der Waals surface area contributed by atoms with Crippen molar-refractivity contribution in [3.63, 3.8) is 0 Å². The highest BCUT2D eigenvalue weighted by molar-refractivity contribution is 7.08. The molecule has 1 saturated heterocycles. The number of hydrogen-bond donors (Lipinski definition) is 1. The number of nitrogens with one attached hydrogen (secondary N) is 1. The van der Waals surface area contributed by atoms with Crippen molar-refractivity contribution in [2.45, 2.75) is 33.2 Å². The first-order chi connectivity index (χ1) is 14.8. The summed E-state index contributed by atoms with van der Waals surface area (Å²) in [7, 11) is 1.68. The third kappa shape index (κ3) is 5.27. The van der Waals surface area contributed by atoms with E-state index in [1.807, 2.05) is 35.6 Å². The number of ether oxygens (including phenoxy) is 1. The minimum atomic E-state index is -0.532. The van der Waals surface area contributed by atoms with Gasteiger partial charge < -0.3 is 15.0 Å². The second kappa shape index (κ2) is 10.3. The van der Waals surface area contributed by atoms with E-state index in [0.717, 1.165) is 25.1 Å². The van der Waals surface area contributed by atoms with Crippen molar-refractivity contribution in [3.8, 4) is 0 Å². The van der Waals surface area contributed by atoms with Crippen LogP contribution in [-0.4, -0.2) is 79.0 Å². The molecular formula is C22H32N4O4S. The van der Waals surface area contributed by atoms with Crippen LogP contribution >= 0.6 is 11.3 Å². The molecule has 0 aliphatic carbocycles. The summed E-state index contributed by atoms with van der Waals surface area (Å²) < 4.78 is 5.37. The number of amides is 3. The first kappa shape index (κ1) is 23.3. The van der Waals surface area contributed by atoms with E-state index in [4.69, 9.17) is 4.74 Å². The van der Waals surface area contributed by atoms with Crippen molar-refractivity contribution in [1.82, 2.24) is 20.0 Å². The molecule has 0 spiro atoms. The lowest BCUT2D eigenvalue weighted by atomic mass is 9.96. The van der Waals surface area contributed by atoms with Gasteiger partial charge in [0.2, 0.25) is 5.91 Å². The summed E-state index contributed by atoms with van der Waals surface area (Å²) in [6, 6.07) is 1.14. The van der Waals surface area contributed by atoms with Crippen molar-refractivity contribution in [1.29, 1.82) is 0 Å². The van der Waals surface area contributed by atoms with Crippen LogP contribution in [0.4, 0.5) is 4.79 Å². The zero-order valence-electron chi connectivity index (χ0n) is 18.7. The van der Waals surface area contributed by atoms with Crippen molar-refractivity contribution in [2.75, 3.05) is 46.4 Å². The second-order valence-corrected chi connectivity index (χ2v) is 8.97. The molecule has 0 saturated carbocycles. The van der Waals surface area contributed by atoms with Crippen LogP contribution in [0.2, 0.25) is 0 Å². The summed E-state index contributed by atoms with van der Waals surface area (Å²) in [5.74, 6) is -0.267. The van der Waals surface area contributed by atoms with E-state index in [2.05, 4.69) is 10.2 Å². The number of carbonyl (C=O) groups excluding carboxylic acids is 3. The van der Waals surface area contributed by atoms with Crippen LogP contribution in [0.1, 0.15) is 38.8 Å². The van der Waals surface area contributed by atoms with Crippen molar-refractivity contribution >= 4 is 29.2 Å². The van der Waals surface area contributed by atoms with Crippen LogP contribution in [-0.2, 0) is 14.3 Å². The van der Waals surface area contributed by atoms with Crippen LogP contribution in [0.5, 0.6) is 0 Å². The summed E-state index contributed by atoms with van der Waals surface area (Å²) >= 11 is 1.52. The van der Waals surface area contributed by atoms with Gasteiger partial charge in [0.05, 0.1) is 18.2 Å².